The van der Waals surface area contributed by atoms with Gasteiger partial charge in [-0.2, -0.15) is 0 Å². The van der Waals surface area contributed by atoms with E-state index in [2.05, 4.69) is 42.2 Å². The Kier molecular flexibility index (Phi) is 4.46. The summed E-state index contributed by atoms with van der Waals surface area (Å²) in [4.78, 5) is 26.2. The van der Waals surface area contributed by atoms with E-state index in [0.717, 1.165) is 4.47 Å². The number of hydrogen-bond acceptors (Lipinski definition) is 4. The van der Waals surface area contributed by atoms with E-state index in [1.54, 1.807) is 12.1 Å². The van der Waals surface area contributed by atoms with Gasteiger partial charge in [0.15, 0.2) is 0 Å². The Morgan fingerprint density at radius 1 is 1.25 bits per heavy atom. The number of rotatable bonds is 3. The highest BCUT2D eigenvalue weighted by Gasteiger charge is 2.16. The van der Waals surface area contributed by atoms with Crippen LogP contribution >= 0.6 is 31.9 Å². The first kappa shape index (κ1) is 14.6. The van der Waals surface area contributed by atoms with Crippen molar-refractivity contribution in [2.45, 2.75) is 0 Å². The molecule has 8 heteroatoms. The molecule has 0 aliphatic carbocycles. The Hall–Kier alpha value is -1.80. The molecular formula is C12H7Br2N3O3. The average molecular weight is 401 g/mol. The van der Waals surface area contributed by atoms with Gasteiger partial charge in [-0.15, -0.1) is 0 Å². The second-order valence-electron chi connectivity index (χ2n) is 3.74. The molecule has 20 heavy (non-hydrogen) atoms. The van der Waals surface area contributed by atoms with Gasteiger partial charge in [0.2, 0.25) is 0 Å². The minimum Gasteiger partial charge on any atom is -0.307 e. The lowest BCUT2D eigenvalue weighted by Gasteiger charge is -2.05. The number of benzene rings is 1. The van der Waals surface area contributed by atoms with Gasteiger partial charge in [-0.05, 0) is 40.2 Å². The molecular weight excluding hydrogens is 394 g/mol. The molecule has 1 aromatic heterocycles. The normalized spacial score (nSPS) is 10.1. The van der Waals surface area contributed by atoms with E-state index in [1.807, 2.05) is 0 Å². The third-order valence-electron chi connectivity index (χ3n) is 2.37. The van der Waals surface area contributed by atoms with E-state index in [1.165, 1.54) is 24.4 Å². The van der Waals surface area contributed by atoms with Crippen molar-refractivity contribution >= 4 is 49.3 Å². The van der Waals surface area contributed by atoms with E-state index >= 15 is 0 Å². The first-order chi connectivity index (χ1) is 9.47. The summed E-state index contributed by atoms with van der Waals surface area (Å²) in [5.74, 6) is -0.110. The molecule has 6 nitrogen and oxygen atoms in total. The number of nitrogens with one attached hydrogen (secondary N) is 1. The lowest BCUT2D eigenvalue weighted by Crippen LogP contribution is -2.13. The summed E-state index contributed by atoms with van der Waals surface area (Å²) >= 11 is 6.33. The predicted octanol–water partition coefficient (Wildman–Crippen LogP) is 3.77. The van der Waals surface area contributed by atoms with Crippen LogP contribution in [0.3, 0.4) is 0 Å². The van der Waals surface area contributed by atoms with Crippen LogP contribution < -0.4 is 5.32 Å². The highest BCUT2D eigenvalue weighted by atomic mass is 79.9. The number of amides is 1. The minimum absolute atomic E-state index is 0.167. The summed E-state index contributed by atoms with van der Waals surface area (Å²) in [5, 5.41) is 13.4. The van der Waals surface area contributed by atoms with Gasteiger partial charge in [-0.3, -0.25) is 14.9 Å². The third kappa shape index (κ3) is 3.40. The number of carbonyl (C=O) groups excluding carboxylic acids is 1. The summed E-state index contributed by atoms with van der Waals surface area (Å²) in [6.07, 6.45) is 1.53. The molecule has 0 saturated heterocycles. The van der Waals surface area contributed by atoms with Crippen molar-refractivity contribution < 1.29 is 9.72 Å². The SMILES string of the molecule is O=C(Nc1cc(Br)ccn1)c1ccc(Br)c([N+](=O)[O-])c1. The van der Waals surface area contributed by atoms with Gasteiger partial charge < -0.3 is 5.32 Å². The monoisotopic (exact) mass is 399 g/mol. The lowest BCUT2D eigenvalue weighted by molar-refractivity contribution is -0.385. The van der Waals surface area contributed by atoms with E-state index in [0.29, 0.717) is 10.3 Å². The summed E-state index contributed by atoms with van der Waals surface area (Å²) < 4.78 is 1.09. The van der Waals surface area contributed by atoms with Crippen molar-refractivity contribution in [3.8, 4) is 0 Å². The molecule has 1 heterocycles. The van der Waals surface area contributed by atoms with Gasteiger partial charge >= 0.3 is 0 Å². The van der Waals surface area contributed by atoms with Crippen LogP contribution in [0.25, 0.3) is 0 Å². The van der Waals surface area contributed by atoms with Crippen LogP contribution in [-0.2, 0) is 0 Å². The molecule has 0 unspecified atom stereocenters. The molecule has 1 aromatic carbocycles. The van der Waals surface area contributed by atoms with Crippen LogP contribution in [0.15, 0.2) is 45.5 Å². The number of nitrogens with zero attached hydrogens (tertiary/aromatic N) is 2. The second kappa shape index (κ2) is 6.10. The van der Waals surface area contributed by atoms with Crippen molar-refractivity contribution in [3.05, 3.63) is 61.2 Å². The Balaban J connectivity index is 2.26. The molecule has 0 aliphatic rings. The number of nitro groups is 1. The van der Waals surface area contributed by atoms with Crippen LogP contribution in [0, 0.1) is 10.1 Å². The lowest BCUT2D eigenvalue weighted by atomic mass is 10.2. The van der Waals surface area contributed by atoms with Gasteiger partial charge in [0.25, 0.3) is 11.6 Å². The van der Waals surface area contributed by atoms with Crippen molar-refractivity contribution in [2.24, 2.45) is 0 Å². The first-order valence-electron chi connectivity index (χ1n) is 5.34. The zero-order valence-corrected chi connectivity index (χ0v) is 13.0. The molecule has 0 saturated carbocycles. The van der Waals surface area contributed by atoms with Crippen LogP contribution in [0.2, 0.25) is 0 Å². The van der Waals surface area contributed by atoms with E-state index in [-0.39, 0.29) is 11.3 Å². The Bertz CT molecular complexity index is 691. The average Bonchev–Trinajstić information content (AvgIpc) is 2.38. The fourth-order valence-electron chi connectivity index (χ4n) is 1.46. The van der Waals surface area contributed by atoms with Gasteiger partial charge in [-0.25, -0.2) is 4.98 Å². The molecule has 0 radical (unpaired) electrons. The van der Waals surface area contributed by atoms with Gasteiger partial charge in [-0.1, -0.05) is 15.9 Å². The Morgan fingerprint density at radius 2 is 2.00 bits per heavy atom. The Morgan fingerprint density at radius 3 is 2.65 bits per heavy atom. The number of pyridine rings is 1. The highest BCUT2D eigenvalue weighted by molar-refractivity contribution is 9.10. The standard InChI is InChI=1S/C12H7Br2N3O3/c13-8-3-4-15-11(6-8)16-12(18)7-1-2-9(14)10(5-7)17(19)20/h1-6H,(H,15,16,18). The minimum atomic E-state index is -0.557. The molecule has 1 N–H and O–H groups in total. The molecule has 102 valence electrons. The van der Waals surface area contributed by atoms with Crippen molar-refractivity contribution in [1.29, 1.82) is 0 Å². The van der Waals surface area contributed by atoms with Crippen molar-refractivity contribution in [2.75, 3.05) is 5.32 Å². The van der Waals surface area contributed by atoms with E-state index in [4.69, 9.17) is 0 Å². The van der Waals surface area contributed by atoms with Gasteiger partial charge in [0.05, 0.1) is 9.40 Å². The molecule has 1 amide bonds. The number of aromatic nitrogens is 1. The van der Waals surface area contributed by atoms with E-state index < -0.39 is 10.8 Å². The van der Waals surface area contributed by atoms with E-state index in [9.17, 15) is 14.9 Å². The molecule has 0 aliphatic heterocycles. The van der Waals surface area contributed by atoms with Gasteiger partial charge in [0, 0.05) is 22.3 Å². The topological polar surface area (TPSA) is 85.1 Å². The summed E-state index contributed by atoms with van der Waals surface area (Å²) in [5.41, 5.74) is 0.0153. The summed E-state index contributed by atoms with van der Waals surface area (Å²) in [6, 6.07) is 7.51. The fraction of sp³-hybridized carbons (Fsp3) is 0. The maximum Gasteiger partial charge on any atom is 0.284 e. The number of halogens is 2. The first-order valence-corrected chi connectivity index (χ1v) is 6.93. The molecule has 0 spiro atoms. The zero-order chi connectivity index (χ0) is 14.7. The maximum absolute atomic E-state index is 12.0. The zero-order valence-electron chi connectivity index (χ0n) is 9.84. The number of carbonyl (C=O) groups is 1. The quantitative estimate of drug-likeness (QED) is 0.627. The maximum atomic E-state index is 12.0. The molecule has 2 rings (SSSR count). The molecule has 0 bridgehead atoms. The van der Waals surface area contributed by atoms with Crippen LogP contribution in [-0.4, -0.2) is 15.8 Å². The molecule has 0 atom stereocenters. The Labute approximate surface area is 130 Å². The van der Waals surface area contributed by atoms with Gasteiger partial charge in [0.1, 0.15) is 5.82 Å². The van der Waals surface area contributed by atoms with Crippen LogP contribution in [0.1, 0.15) is 10.4 Å². The fourth-order valence-corrected chi connectivity index (χ4v) is 2.18. The predicted molar refractivity (Wildman–Crippen MR) is 80.7 cm³/mol. The number of nitro benzene ring substituents is 1. The summed E-state index contributed by atoms with van der Waals surface area (Å²) in [6.45, 7) is 0. The number of anilines is 1. The molecule has 2 aromatic rings. The van der Waals surface area contributed by atoms with Crippen LogP contribution in [0.5, 0.6) is 0 Å². The summed E-state index contributed by atoms with van der Waals surface area (Å²) in [7, 11) is 0. The third-order valence-corrected chi connectivity index (χ3v) is 3.53. The second-order valence-corrected chi connectivity index (χ2v) is 5.51. The largest absolute Gasteiger partial charge is 0.307 e. The van der Waals surface area contributed by atoms with Crippen molar-refractivity contribution in [3.63, 3.8) is 0 Å². The highest BCUT2D eigenvalue weighted by Crippen LogP contribution is 2.26. The number of hydrogen-bond donors (Lipinski definition) is 1. The smallest absolute Gasteiger partial charge is 0.284 e. The van der Waals surface area contributed by atoms with Crippen molar-refractivity contribution in [1.82, 2.24) is 4.98 Å². The van der Waals surface area contributed by atoms with Crippen LogP contribution in [0.4, 0.5) is 11.5 Å². The molecule has 0 fully saturated rings.